The van der Waals surface area contributed by atoms with Crippen LogP contribution < -0.4 is 4.74 Å². The molecule has 1 aromatic carbocycles. The number of aromatic hydroxyl groups is 1. The van der Waals surface area contributed by atoms with Crippen molar-refractivity contribution < 1.29 is 29.0 Å². The lowest BCUT2D eigenvalue weighted by atomic mass is 9.94. The molecule has 1 atom stereocenters. The van der Waals surface area contributed by atoms with Crippen LogP contribution in [0.5, 0.6) is 11.5 Å². The monoisotopic (exact) mass is 406 g/mol. The number of nitrogens with zero attached hydrogens (tertiary/aromatic N) is 2. The number of ether oxygens (including phenoxy) is 1. The third-order valence-electron chi connectivity index (χ3n) is 4.89. The van der Waals surface area contributed by atoms with Crippen LogP contribution in [-0.2, 0) is 11.3 Å². The predicted molar refractivity (Wildman–Crippen MR) is 105 cm³/mol. The number of Topliss-reactive ketones (excluding diaryl/α,β-unsaturated/α-hetero) is 1. The van der Waals surface area contributed by atoms with Crippen LogP contribution in [-0.4, -0.2) is 38.9 Å². The van der Waals surface area contributed by atoms with Crippen molar-refractivity contribution in [3.05, 3.63) is 89.3 Å². The first-order chi connectivity index (χ1) is 14.5. The molecule has 0 aliphatic carbocycles. The van der Waals surface area contributed by atoms with Crippen LogP contribution >= 0.6 is 0 Å². The molecular formula is C22H18N2O6. The van der Waals surface area contributed by atoms with E-state index in [9.17, 15) is 19.8 Å². The van der Waals surface area contributed by atoms with Gasteiger partial charge in [0.2, 0.25) is 5.78 Å². The first-order valence-corrected chi connectivity index (χ1v) is 9.09. The summed E-state index contributed by atoms with van der Waals surface area (Å²) >= 11 is 0. The van der Waals surface area contributed by atoms with Crippen LogP contribution in [0, 0.1) is 0 Å². The molecular weight excluding hydrogens is 388 g/mol. The van der Waals surface area contributed by atoms with Gasteiger partial charge < -0.3 is 24.3 Å². The fourth-order valence-electron chi connectivity index (χ4n) is 3.49. The van der Waals surface area contributed by atoms with E-state index in [0.717, 1.165) is 5.56 Å². The van der Waals surface area contributed by atoms with Crippen molar-refractivity contribution in [3.8, 4) is 11.5 Å². The van der Waals surface area contributed by atoms with Gasteiger partial charge in [0.1, 0.15) is 0 Å². The summed E-state index contributed by atoms with van der Waals surface area (Å²) in [4.78, 5) is 31.4. The number of hydrogen-bond donors (Lipinski definition) is 2. The van der Waals surface area contributed by atoms with E-state index in [1.54, 1.807) is 36.7 Å². The number of furan rings is 1. The Kier molecular flexibility index (Phi) is 4.97. The third kappa shape index (κ3) is 3.28. The van der Waals surface area contributed by atoms with Gasteiger partial charge in [0.15, 0.2) is 23.0 Å². The van der Waals surface area contributed by atoms with Crippen molar-refractivity contribution in [3.63, 3.8) is 0 Å². The molecule has 3 aromatic rings. The lowest BCUT2D eigenvalue weighted by Crippen LogP contribution is -2.30. The number of benzene rings is 1. The van der Waals surface area contributed by atoms with Gasteiger partial charge in [-0.2, -0.15) is 0 Å². The van der Waals surface area contributed by atoms with Crippen molar-refractivity contribution in [2.45, 2.75) is 12.6 Å². The highest BCUT2D eigenvalue weighted by Crippen LogP contribution is 2.42. The van der Waals surface area contributed by atoms with Gasteiger partial charge in [-0.05, 0) is 41.5 Å². The van der Waals surface area contributed by atoms with Crippen LogP contribution in [0.4, 0.5) is 0 Å². The zero-order chi connectivity index (χ0) is 21.3. The zero-order valence-electron chi connectivity index (χ0n) is 16.0. The molecule has 2 N–H and O–H groups in total. The predicted octanol–water partition coefficient (Wildman–Crippen LogP) is 3.17. The van der Waals surface area contributed by atoms with Crippen molar-refractivity contribution in [1.82, 2.24) is 9.88 Å². The zero-order valence-corrected chi connectivity index (χ0v) is 16.0. The minimum absolute atomic E-state index is 0.00308. The van der Waals surface area contributed by atoms with E-state index >= 15 is 0 Å². The molecule has 4 rings (SSSR count). The van der Waals surface area contributed by atoms with Crippen LogP contribution in [0.2, 0.25) is 0 Å². The normalized spacial score (nSPS) is 16.2. The number of aliphatic hydroxyl groups is 1. The maximum atomic E-state index is 13.1. The summed E-state index contributed by atoms with van der Waals surface area (Å²) < 4.78 is 10.4. The summed E-state index contributed by atoms with van der Waals surface area (Å²) in [6.07, 6.45) is 4.55. The van der Waals surface area contributed by atoms with Gasteiger partial charge in [-0.3, -0.25) is 14.6 Å². The van der Waals surface area contributed by atoms with Gasteiger partial charge in [0.05, 0.1) is 25.0 Å². The maximum absolute atomic E-state index is 13.1. The largest absolute Gasteiger partial charge is 0.504 e. The van der Waals surface area contributed by atoms with Gasteiger partial charge in [-0.15, -0.1) is 0 Å². The molecule has 0 radical (unpaired) electrons. The molecule has 3 heterocycles. The van der Waals surface area contributed by atoms with Crippen LogP contribution in [0.25, 0.3) is 0 Å². The molecule has 1 unspecified atom stereocenters. The number of hydrogen-bond acceptors (Lipinski definition) is 7. The molecule has 152 valence electrons. The average Bonchev–Trinajstić information content (AvgIpc) is 3.38. The quantitative estimate of drug-likeness (QED) is 0.605. The molecule has 0 fully saturated rings. The number of phenols is 1. The number of aliphatic hydroxyl groups excluding tert-OH is 1. The van der Waals surface area contributed by atoms with Crippen LogP contribution in [0.15, 0.2) is 76.9 Å². The SMILES string of the molecule is COc1cc(C2C(C(=O)c3ccco3)=C(O)C(=O)N2Cc2cccnc2)ccc1O. The Balaban J connectivity index is 1.83. The van der Waals surface area contributed by atoms with Crippen molar-refractivity contribution in [2.75, 3.05) is 7.11 Å². The number of amides is 1. The molecule has 0 bridgehead atoms. The van der Waals surface area contributed by atoms with Crippen molar-refractivity contribution in [2.24, 2.45) is 0 Å². The van der Waals surface area contributed by atoms with Gasteiger partial charge in [-0.1, -0.05) is 12.1 Å². The molecule has 2 aromatic heterocycles. The number of ketones is 1. The summed E-state index contributed by atoms with van der Waals surface area (Å²) in [5, 5.41) is 20.6. The fraction of sp³-hybridized carbons (Fsp3) is 0.136. The number of carbonyl (C=O) groups excluding carboxylic acids is 2. The number of pyridine rings is 1. The second-order valence-electron chi connectivity index (χ2n) is 6.70. The summed E-state index contributed by atoms with van der Waals surface area (Å²) in [5.74, 6) is -1.84. The van der Waals surface area contributed by atoms with Crippen molar-refractivity contribution >= 4 is 11.7 Å². The Morgan fingerprint density at radius 1 is 1.23 bits per heavy atom. The second-order valence-corrected chi connectivity index (χ2v) is 6.70. The fourth-order valence-corrected chi connectivity index (χ4v) is 3.49. The number of methoxy groups -OCH3 is 1. The van der Waals surface area contributed by atoms with Gasteiger partial charge in [0.25, 0.3) is 5.91 Å². The Hall–Kier alpha value is -4.07. The first kappa shape index (κ1) is 19.3. The number of carbonyl (C=O) groups is 2. The highest BCUT2D eigenvalue weighted by Gasteiger charge is 2.44. The smallest absolute Gasteiger partial charge is 0.290 e. The van der Waals surface area contributed by atoms with E-state index in [1.807, 2.05) is 0 Å². The standard InChI is InChI=1S/C22H18N2O6/c1-29-17-10-14(6-7-15(17)25)19-18(20(26)16-5-3-9-30-16)21(27)22(28)24(19)12-13-4-2-8-23-11-13/h2-11,19,25,27H,12H2,1H3. The van der Waals surface area contributed by atoms with E-state index in [-0.39, 0.29) is 29.4 Å². The molecule has 1 aliphatic rings. The molecule has 8 nitrogen and oxygen atoms in total. The van der Waals surface area contributed by atoms with Gasteiger partial charge >= 0.3 is 0 Å². The Morgan fingerprint density at radius 3 is 2.73 bits per heavy atom. The van der Waals surface area contributed by atoms with Crippen LogP contribution in [0.3, 0.4) is 0 Å². The Morgan fingerprint density at radius 2 is 2.07 bits per heavy atom. The van der Waals surface area contributed by atoms with Gasteiger partial charge in [0, 0.05) is 18.9 Å². The number of rotatable bonds is 6. The number of aromatic nitrogens is 1. The second kappa shape index (κ2) is 7.75. The molecule has 8 heteroatoms. The van der Waals surface area contributed by atoms with E-state index < -0.39 is 23.5 Å². The van der Waals surface area contributed by atoms with Crippen molar-refractivity contribution in [1.29, 1.82) is 0 Å². The lowest BCUT2D eigenvalue weighted by molar-refractivity contribution is -0.130. The maximum Gasteiger partial charge on any atom is 0.290 e. The summed E-state index contributed by atoms with van der Waals surface area (Å²) in [7, 11) is 1.40. The van der Waals surface area contributed by atoms with Gasteiger partial charge in [-0.25, -0.2) is 0 Å². The molecule has 0 spiro atoms. The summed E-state index contributed by atoms with van der Waals surface area (Å²) in [6, 6.07) is 10.1. The van der Waals surface area contributed by atoms with Crippen LogP contribution in [0.1, 0.15) is 27.7 Å². The minimum Gasteiger partial charge on any atom is -0.504 e. The first-order valence-electron chi connectivity index (χ1n) is 9.09. The molecule has 0 saturated heterocycles. The lowest BCUT2D eigenvalue weighted by Gasteiger charge is -2.27. The van der Waals surface area contributed by atoms with E-state index in [4.69, 9.17) is 9.15 Å². The highest BCUT2D eigenvalue weighted by molar-refractivity contribution is 6.15. The topological polar surface area (TPSA) is 113 Å². The summed E-state index contributed by atoms with van der Waals surface area (Å²) in [6.45, 7) is 0.111. The minimum atomic E-state index is -0.912. The molecule has 30 heavy (non-hydrogen) atoms. The third-order valence-corrected chi connectivity index (χ3v) is 4.89. The Labute approximate surface area is 171 Å². The Bertz CT molecular complexity index is 1120. The van der Waals surface area contributed by atoms with E-state index in [1.165, 1.54) is 36.5 Å². The average molecular weight is 406 g/mol. The highest BCUT2D eigenvalue weighted by atomic mass is 16.5. The van der Waals surface area contributed by atoms with E-state index in [0.29, 0.717) is 5.56 Å². The van der Waals surface area contributed by atoms with E-state index in [2.05, 4.69) is 4.98 Å². The molecule has 0 saturated carbocycles. The summed E-state index contributed by atoms with van der Waals surface area (Å²) in [5.41, 5.74) is 1.11. The number of phenolic OH excluding ortho intramolecular Hbond substituents is 1. The molecule has 1 amide bonds. The molecule has 1 aliphatic heterocycles.